The van der Waals surface area contributed by atoms with Gasteiger partial charge in [0.25, 0.3) is 10.0 Å². The van der Waals surface area contributed by atoms with Gasteiger partial charge in [0, 0.05) is 11.9 Å². The largest absolute Gasteiger partial charge is 0.355 e. The van der Waals surface area contributed by atoms with Crippen molar-refractivity contribution in [2.24, 2.45) is 0 Å². The van der Waals surface area contributed by atoms with Gasteiger partial charge in [-0.05, 0) is 31.4 Å². The highest BCUT2D eigenvalue weighted by Crippen LogP contribution is 2.42. The molecule has 1 unspecified atom stereocenters. The van der Waals surface area contributed by atoms with Gasteiger partial charge in [0.05, 0.1) is 10.6 Å². The minimum Gasteiger partial charge on any atom is -0.355 e. The van der Waals surface area contributed by atoms with E-state index in [1.807, 2.05) is 12.1 Å². The smallest absolute Gasteiger partial charge is 0.265 e. The van der Waals surface area contributed by atoms with Crippen molar-refractivity contribution in [3.05, 3.63) is 36.4 Å². The highest BCUT2D eigenvalue weighted by Gasteiger charge is 2.40. The molecule has 0 fully saturated rings. The van der Waals surface area contributed by atoms with Crippen LogP contribution in [0, 0.1) is 0 Å². The van der Waals surface area contributed by atoms with Crippen LogP contribution in [0.4, 0.5) is 5.69 Å². The van der Waals surface area contributed by atoms with Crippen LogP contribution in [-0.4, -0.2) is 26.9 Å². The van der Waals surface area contributed by atoms with Gasteiger partial charge in [-0.25, -0.2) is 8.42 Å². The molecular weight excluding hydrogens is 288 g/mol. The number of rotatable bonds is 3. The third-order valence-corrected chi connectivity index (χ3v) is 5.63. The molecule has 0 saturated heterocycles. The Labute approximate surface area is 123 Å². The predicted molar refractivity (Wildman–Crippen MR) is 81.8 cm³/mol. The lowest BCUT2D eigenvalue weighted by atomic mass is 10.1. The van der Waals surface area contributed by atoms with E-state index in [0.717, 1.165) is 5.39 Å². The van der Waals surface area contributed by atoms with Gasteiger partial charge in [-0.1, -0.05) is 24.3 Å². The lowest BCUT2D eigenvalue weighted by Crippen LogP contribution is -2.46. The van der Waals surface area contributed by atoms with Crippen molar-refractivity contribution >= 4 is 32.4 Å². The Morgan fingerprint density at radius 2 is 1.90 bits per heavy atom. The second kappa shape index (κ2) is 4.73. The molecule has 1 atom stereocenters. The van der Waals surface area contributed by atoms with Crippen molar-refractivity contribution in [3.8, 4) is 0 Å². The molecule has 0 bridgehead atoms. The molecule has 0 aromatic heterocycles. The molecule has 1 aliphatic rings. The molecule has 0 saturated carbocycles. The van der Waals surface area contributed by atoms with E-state index in [0.29, 0.717) is 17.6 Å². The number of amides is 1. The van der Waals surface area contributed by atoms with Crippen molar-refractivity contribution in [2.45, 2.75) is 24.8 Å². The van der Waals surface area contributed by atoms with Crippen molar-refractivity contribution in [3.63, 3.8) is 0 Å². The summed E-state index contributed by atoms with van der Waals surface area (Å²) < 4.78 is 26.7. The van der Waals surface area contributed by atoms with Crippen molar-refractivity contribution in [1.29, 1.82) is 0 Å². The fourth-order valence-electron chi connectivity index (χ4n) is 2.77. The number of hydrogen-bond acceptors (Lipinski definition) is 3. The fraction of sp³-hybridized carbons (Fsp3) is 0.267. The first kappa shape index (κ1) is 13.9. The summed E-state index contributed by atoms with van der Waals surface area (Å²) in [4.78, 5) is 12.3. The number of likely N-dealkylation sites (N-methyl/N-ethyl adjacent to an activating group) is 1. The minimum absolute atomic E-state index is 0.270. The van der Waals surface area contributed by atoms with Gasteiger partial charge in [0.1, 0.15) is 6.04 Å². The van der Waals surface area contributed by atoms with Crippen LogP contribution >= 0.6 is 0 Å². The summed E-state index contributed by atoms with van der Waals surface area (Å²) in [7, 11) is -3.69. The summed E-state index contributed by atoms with van der Waals surface area (Å²) in [5.74, 6) is -0.300. The highest BCUT2D eigenvalue weighted by molar-refractivity contribution is 7.93. The van der Waals surface area contributed by atoms with E-state index in [9.17, 15) is 13.2 Å². The molecule has 1 aliphatic heterocycles. The number of carbonyl (C=O) groups excluding carboxylic acids is 1. The molecule has 1 N–H and O–H groups in total. The summed E-state index contributed by atoms with van der Waals surface area (Å²) in [6, 6.07) is 9.82. The van der Waals surface area contributed by atoms with Crippen LogP contribution in [0.3, 0.4) is 0 Å². The molecule has 1 heterocycles. The molecular formula is C15H16N2O3S. The van der Waals surface area contributed by atoms with Crippen LogP contribution in [0.2, 0.25) is 0 Å². The van der Waals surface area contributed by atoms with Gasteiger partial charge in [0.2, 0.25) is 5.91 Å². The van der Waals surface area contributed by atoms with Gasteiger partial charge in [-0.15, -0.1) is 0 Å². The van der Waals surface area contributed by atoms with Crippen LogP contribution in [-0.2, 0) is 14.8 Å². The Kier molecular flexibility index (Phi) is 3.13. The molecule has 5 nitrogen and oxygen atoms in total. The predicted octanol–water partition coefficient (Wildman–Crippen LogP) is 1.87. The molecule has 2 aromatic rings. The van der Waals surface area contributed by atoms with Crippen molar-refractivity contribution < 1.29 is 13.2 Å². The maximum Gasteiger partial charge on any atom is 0.265 e. The normalized spacial score (nSPS) is 17.0. The maximum atomic E-state index is 12.8. The zero-order valence-electron chi connectivity index (χ0n) is 11.8. The Bertz CT molecular complexity index is 825. The lowest BCUT2D eigenvalue weighted by molar-refractivity contribution is -0.121. The quantitative estimate of drug-likeness (QED) is 0.941. The summed E-state index contributed by atoms with van der Waals surface area (Å²) >= 11 is 0. The highest BCUT2D eigenvalue weighted by atomic mass is 32.2. The van der Waals surface area contributed by atoms with Crippen LogP contribution in [0.15, 0.2) is 41.3 Å². The second-order valence-electron chi connectivity index (χ2n) is 5.00. The number of hydrogen-bond donors (Lipinski definition) is 1. The Hall–Kier alpha value is -2.08. The fourth-order valence-corrected chi connectivity index (χ4v) is 4.63. The molecule has 110 valence electrons. The first-order valence-electron chi connectivity index (χ1n) is 6.82. The number of carbonyl (C=O) groups is 1. The van der Waals surface area contributed by atoms with E-state index in [1.165, 1.54) is 4.31 Å². The molecule has 6 heteroatoms. The van der Waals surface area contributed by atoms with Gasteiger partial charge in [-0.3, -0.25) is 9.10 Å². The van der Waals surface area contributed by atoms with Crippen LogP contribution in [0.5, 0.6) is 0 Å². The molecule has 21 heavy (non-hydrogen) atoms. The number of anilines is 1. The second-order valence-corrected chi connectivity index (χ2v) is 6.79. The molecule has 0 aliphatic carbocycles. The third kappa shape index (κ3) is 1.90. The van der Waals surface area contributed by atoms with Gasteiger partial charge in [-0.2, -0.15) is 0 Å². The SMILES string of the molecule is CCNC(=O)C(C)N1c2cccc3cccc(c23)S1(=O)=O. The molecule has 0 spiro atoms. The molecule has 2 aromatic carbocycles. The average molecular weight is 304 g/mol. The van der Waals surface area contributed by atoms with Crippen LogP contribution in [0.1, 0.15) is 13.8 Å². The third-order valence-electron chi connectivity index (χ3n) is 3.70. The molecule has 3 rings (SSSR count). The van der Waals surface area contributed by atoms with E-state index in [-0.39, 0.29) is 10.8 Å². The van der Waals surface area contributed by atoms with Crippen molar-refractivity contribution in [2.75, 3.05) is 10.8 Å². The topological polar surface area (TPSA) is 66.5 Å². The summed E-state index contributed by atoms with van der Waals surface area (Å²) in [5.41, 5.74) is 0.571. The summed E-state index contributed by atoms with van der Waals surface area (Å²) in [6.07, 6.45) is 0. The zero-order chi connectivity index (χ0) is 15.2. The van der Waals surface area contributed by atoms with E-state index in [2.05, 4.69) is 5.32 Å². The zero-order valence-corrected chi connectivity index (χ0v) is 12.6. The Morgan fingerprint density at radius 3 is 2.57 bits per heavy atom. The van der Waals surface area contributed by atoms with Crippen molar-refractivity contribution in [1.82, 2.24) is 5.32 Å². The van der Waals surface area contributed by atoms with Gasteiger partial charge < -0.3 is 5.32 Å². The number of sulfonamides is 1. The number of nitrogens with zero attached hydrogens (tertiary/aromatic N) is 1. The lowest BCUT2D eigenvalue weighted by Gasteiger charge is -2.25. The first-order valence-corrected chi connectivity index (χ1v) is 8.26. The van der Waals surface area contributed by atoms with E-state index < -0.39 is 16.1 Å². The van der Waals surface area contributed by atoms with E-state index >= 15 is 0 Å². The monoisotopic (exact) mass is 304 g/mol. The van der Waals surface area contributed by atoms with Gasteiger partial charge >= 0.3 is 0 Å². The first-order chi connectivity index (χ1) is 9.98. The van der Waals surface area contributed by atoms with Crippen LogP contribution in [0.25, 0.3) is 10.8 Å². The Morgan fingerprint density at radius 1 is 1.24 bits per heavy atom. The van der Waals surface area contributed by atoms with Crippen LogP contribution < -0.4 is 9.62 Å². The number of benzene rings is 2. The summed E-state index contributed by atoms with van der Waals surface area (Å²) in [6.45, 7) is 3.88. The Balaban J connectivity index is 2.22. The number of nitrogens with one attached hydrogen (secondary N) is 1. The minimum atomic E-state index is -3.69. The van der Waals surface area contributed by atoms with E-state index in [1.54, 1.807) is 38.1 Å². The maximum absolute atomic E-state index is 12.8. The average Bonchev–Trinajstić information content (AvgIpc) is 2.69. The molecule has 0 radical (unpaired) electrons. The summed E-state index contributed by atoms with van der Waals surface area (Å²) in [5, 5.41) is 4.22. The molecule has 1 amide bonds. The van der Waals surface area contributed by atoms with Gasteiger partial charge in [0.15, 0.2) is 0 Å². The standard InChI is InChI=1S/C15H16N2O3S/c1-3-16-15(18)10(2)17-12-8-4-6-11-7-5-9-13(14(11)12)21(17,19)20/h4-10H,3H2,1-2H3,(H,16,18). The van der Waals surface area contributed by atoms with E-state index in [4.69, 9.17) is 0 Å².